The third kappa shape index (κ3) is 5.76. The predicted molar refractivity (Wildman–Crippen MR) is 138 cm³/mol. The number of furan rings is 1. The molecule has 9 nitrogen and oxygen atoms in total. The molecule has 2 aromatic carbocycles. The summed E-state index contributed by atoms with van der Waals surface area (Å²) < 4.78 is 11.4. The van der Waals surface area contributed by atoms with Gasteiger partial charge in [-0.25, -0.2) is 5.43 Å². The van der Waals surface area contributed by atoms with Gasteiger partial charge in [0.05, 0.1) is 19.4 Å². The number of aromatic nitrogens is 3. The monoisotopic (exact) mass is 489 g/mol. The van der Waals surface area contributed by atoms with E-state index in [-0.39, 0.29) is 0 Å². The quantitative estimate of drug-likeness (QED) is 0.272. The molecule has 178 valence electrons. The Morgan fingerprint density at radius 2 is 1.77 bits per heavy atom. The Hall–Kier alpha value is -3.95. The SMILES string of the molecule is Cc1ccc(Cl)cc1-c1ccc(/C=N/Nc2nc(Nc3ccccc3)nc(N3CCOCC3)n2)o1. The summed E-state index contributed by atoms with van der Waals surface area (Å²) >= 11 is 6.15. The second kappa shape index (κ2) is 10.5. The number of nitrogens with zero attached hydrogens (tertiary/aromatic N) is 5. The van der Waals surface area contributed by atoms with Gasteiger partial charge in [-0.05, 0) is 48.9 Å². The average molecular weight is 490 g/mol. The van der Waals surface area contributed by atoms with Crippen LogP contribution in [-0.2, 0) is 4.74 Å². The molecule has 0 amide bonds. The van der Waals surface area contributed by atoms with E-state index in [1.54, 1.807) is 6.21 Å². The number of aryl methyl sites for hydroxylation is 1. The lowest BCUT2D eigenvalue weighted by atomic mass is 10.1. The Labute approximate surface area is 207 Å². The second-order valence-corrected chi connectivity index (χ2v) is 8.34. The van der Waals surface area contributed by atoms with Crippen LogP contribution >= 0.6 is 11.6 Å². The smallest absolute Gasteiger partial charge is 0.250 e. The molecule has 1 aliphatic rings. The fourth-order valence-corrected chi connectivity index (χ4v) is 3.78. The van der Waals surface area contributed by atoms with E-state index in [9.17, 15) is 0 Å². The number of benzene rings is 2. The third-order valence-electron chi connectivity index (χ3n) is 5.40. The zero-order valence-corrected chi connectivity index (χ0v) is 19.9. The highest BCUT2D eigenvalue weighted by Gasteiger charge is 2.17. The molecule has 0 radical (unpaired) electrons. The molecule has 2 aromatic heterocycles. The van der Waals surface area contributed by atoms with Crippen molar-refractivity contribution in [2.24, 2.45) is 5.10 Å². The number of hydrogen-bond donors (Lipinski definition) is 2. The van der Waals surface area contributed by atoms with Crippen LogP contribution < -0.4 is 15.6 Å². The van der Waals surface area contributed by atoms with Crippen molar-refractivity contribution in [3.8, 4) is 11.3 Å². The van der Waals surface area contributed by atoms with Crippen LogP contribution in [-0.4, -0.2) is 47.5 Å². The first-order chi connectivity index (χ1) is 17.1. The number of halogens is 1. The third-order valence-corrected chi connectivity index (χ3v) is 5.63. The molecule has 2 N–H and O–H groups in total. The molecular formula is C25H24ClN7O2. The van der Waals surface area contributed by atoms with E-state index in [0.29, 0.717) is 54.9 Å². The van der Waals surface area contributed by atoms with Crippen LogP contribution in [0.5, 0.6) is 0 Å². The summed E-state index contributed by atoms with van der Waals surface area (Å²) in [6.07, 6.45) is 1.58. The molecule has 0 bridgehead atoms. The predicted octanol–water partition coefficient (Wildman–Crippen LogP) is 5.12. The van der Waals surface area contributed by atoms with Gasteiger partial charge in [0.25, 0.3) is 0 Å². The summed E-state index contributed by atoms with van der Waals surface area (Å²) in [7, 11) is 0. The molecule has 5 rings (SSSR count). The number of morpholine rings is 1. The van der Waals surface area contributed by atoms with Gasteiger partial charge in [-0.15, -0.1) is 0 Å². The molecule has 0 saturated carbocycles. The lowest BCUT2D eigenvalue weighted by Gasteiger charge is -2.27. The molecule has 1 aliphatic heterocycles. The fraction of sp³-hybridized carbons (Fsp3) is 0.200. The van der Waals surface area contributed by atoms with Crippen molar-refractivity contribution in [2.45, 2.75) is 6.92 Å². The molecule has 0 unspecified atom stereocenters. The number of anilines is 4. The normalized spacial score (nSPS) is 13.8. The zero-order chi connectivity index (χ0) is 24.0. The molecule has 0 atom stereocenters. The first kappa shape index (κ1) is 22.8. The van der Waals surface area contributed by atoms with Gasteiger partial charge in [0, 0.05) is 29.4 Å². The molecule has 0 aliphatic carbocycles. The minimum absolute atomic E-state index is 0.314. The molecular weight excluding hydrogens is 466 g/mol. The van der Waals surface area contributed by atoms with Crippen molar-refractivity contribution >= 4 is 41.3 Å². The number of rotatable bonds is 7. The van der Waals surface area contributed by atoms with E-state index in [1.807, 2.05) is 67.6 Å². The highest BCUT2D eigenvalue weighted by Crippen LogP contribution is 2.28. The van der Waals surface area contributed by atoms with Gasteiger partial charge < -0.3 is 19.4 Å². The Balaban J connectivity index is 1.34. The average Bonchev–Trinajstić information content (AvgIpc) is 3.35. The fourth-order valence-electron chi connectivity index (χ4n) is 3.61. The Bertz CT molecular complexity index is 1320. The van der Waals surface area contributed by atoms with Crippen LogP contribution in [0.1, 0.15) is 11.3 Å². The maximum absolute atomic E-state index is 6.15. The Kier molecular flexibility index (Phi) is 6.87. The van der Waals surface area contributed by atoms with Crippen molar-refractivity contribution in [3.63, 3.8) is 0 Å². The van der Waals surface area contributed by atoms with Crippen LogP contribution in [0.2, 0.25) is 5.02 Å². The summed E-state index contributed by atoms with van der Waals surface area (Å²) in [6.45, 7) is 4.67. The van der Waals surface area contributed by atoms with Gasteiger partial charge in [0.15, 0.2) is 0 Å². The standard InChI is InChI=1S/C25H24ClN7O2/c1-17-7-8-18(26)15-21(17)22-10-9-20(35-22)16-27-32-24-29-23(28-19-5-3-2-4-6-19)30-25(31-24)33-11-13-34-14-12-33/h2-10,15-16H,11-14H2,1H3,(H2,28,29,30,31,32)/b27-16+. The zero-order valence-electron chi connectivity index (χ0n) is 19.1. The van der Waals surface area contributed by atoms with Gasteiger partial charge in [-0.3, -0.25) is 0 Å². The summed E-state index contributed by atoms with van der Waals surface area (Å²) in [5, 5.41) is 8.15. The first-order valence-corrected chi connectivity index (χ1v) is 11.6. The van der Waals surface area contributed by atoms with Crippen LogP contribution in [0.15, 0.2) is 70.2 Å². The lowest BCUT2D eigenvalue weighted by Crippen LogP contribution is -2.37. The largest absolute Gasteiger partial charge is 0.455 e. The number of hydrogen-bond acceptors (Lipinski definition) is 9. The minimum Gasteiger partial charge on any atom is -0.455 e. The van der Waals surface area contributed by atoms with E-state index in [4.69, 9.17) is 20.8 Å². The summed E-state index contributed by atoms with van der Waals surface area (Å²) in [5.74, 6) is 2.58. The highest BCUT2D eigenvalue weighted by molar-refractivity contribution is 6.30. The van der Waals surface area contributed by atoms with Crippen LogP contribution in [0.3, 0.4) is 0 Å². The second-order valence-electron chi connectivity index (χ2n) is 7.90. The Morgan fingerprint density at radius 3 is 2.60 bits per heavy atom. The highest BCUT2D eigenvalue weighted by atomic mass is 35.5. The molecule has 10 heteroatoms. The van der Waals surface area contributed by atoms with Gasteiger partial charge in [-0.2, -0.15) is 20.1 Å². The van der Waals surface area contributed by atoms with Gasteiger partial charge in [0.1, 0.15) is 11.5 Å². The minimum atomic E-state index is 0.314. The van der Waals surface area contributed by atoms with E-state index in [2.05, 4.69) is 35.7 Å². The van der Waals surface area contributed by atoms with Crippen molar-refractivity contribution in [2.75, 3.05) is 41.9 Å². The van der Waals surface area contributed by atoms with Crippen LogP contribution in [0, 0.1) is 6.92 Å². The van der Waals surface area contributed by atoms with E-state index in [1.165, 1.54) is 0 Å². The number of hydrazone groups is 1. The molecule has 35 heavy (non-hydrogen) atoms. The number of nitrogens with one attached hydrogen (secondary N) is 2. The van der Waals surface area contributed by atoms with Crippen molar-refractivity contribution < 1.29 is 9.15 Å². The molecule has 1 fully saturated rings. The van der Waals surface area contributed by atoms with Gasteiger partial charge in [-0.1, -0.05) is 35.9 Å². The van der Waals surface area contributed by atoms with Crippen LogP contribution in [0.25, 0.3) is 11.3 Å². The van der Waals surface area contributed by atoms with E-state index < -0.39 is 0 Å². The van der Waals surface area contributed by atoms with Crippen LogP contribution in [0.4, 0.5) is 23.5 Å². The summed E-state index contributed by atoms with van der Waals surface area (Å²) in [6, 6.07) is 19.2. The molecule has 0 spiro atoms. The lowest BCUT2D eigenvalue weighted by molar-refractivity contribution is 0.122. The topological polar surface area (TPSA) is 101 Å². The summed E-state index contributed by atoms with van der Waals surface area (Å²) in [4.78, 5) is 15.7. The molecule has 4 aromatic rings. The van der Waals surface area contributed by atoms with E-state index in [0.717, 1.165) is 22.6 Å². The first-order valence-electron chi connectivity index (χ1n) is 11.2. The number of ether oxygens (including phenoxy) is 1. The van der Waals surface area contributed by atoms with Gasteiger partial charge in [0.2, 0.25) is 17.8 Å². The molecule has 1 saturated heterocycles. The molecule has 3 heterocycles. The maximum atomic E-state index is 6.15. The van der Waals surface area contributed by atoms with Gasteiger partial charge >= 0.3 is 0 Å². The van der Waals surface area contributed by atoms with E-state index >= 15 is 0 Å². The van der Waals surface area contributed by atoms with Crippen molar-refractivity contribution in [1.29, 1.82) is 0 Å². The van der Waals surface area contributed by atoms with Crippen molar-refractivity contribution in [3.05, 3.63) is 77.0 Å². The maximum Gasteiger partial charge on any atom is 0.250 e. The summed E-state index contributed by atoms with van der Waals surface area (Å²) in [5.41, 5.74) is 5.78. The Morgan fingerprint density at radius 1 is 0.971 bits per heavy atom. The number of para-hydroxylation sites is 1. The van der Waals surface area contributed by atoms with Crippen molar-refractivity contribution in [1.82, 2.24) is 15.0 Å².